The highest BCUT2D eigenvalue weighted by Crippen LogP contribution is 2.20. The zero-order valence-electron chi connectivity index (χ0n) is 12.7. The predicted octanol–water partition coefficient (Wildman–Crippen LogP) is 3.20. The summed E-state index contributed by atoms with van der Waals surface area (Å²) in [4.78, 5) is 27.8. The summed E-state index contributed by atoms with van der Waals surface area (Å²) in [5.41, 5.74) is 0.580. The van der Waals surface area contributed by atoms with Crippen molar-refractivity contribution in [1.82, 2.24) is 4.98 Å². The van der Waals surface area contributed by atoms with E-state index in [9.17, 15) is 9.59 Å². The Hall–Kier alpha value is -1.91. The van der Waals surface area contributed by atoms with E-state index in [0.29, 0.717) is 18.6 Å². The summed E-state index contributed by atoms with van der Waals surface area (Å²) in [6.07, 6.45) is 5.78. The first-order chi connectivity index (χ1) is 10.2. The molecule has 1 aromatic heterocycles. The van der Waals surface area contributed by atoms with Crippen LogP contribution in [0.2, 0.25) is 0 Å². The zero-order chi connectivity index (χ0) is 15.5. The molecule has 1 atom stereocenters. The molecule has 5 heteroatoms. The van der Waals surface area contributed by atoms with Crippen molar-refractivity contribution in [3.63, 3.8) is 0 Å². The van der Waals surface area contributed by atoms with Crippen LogP contribution in [0.1, 0.15) is 57.6 Å². The van der Waals surface area contributed by atoms with Crippen LogP contribution in [0.5, 0.6) is 0 Å². The number of hydrogen-bond donors (Lipinski definition) is 0. The van der Waals surface area contributed by atoms with Crippen LogP contribution in [0.15, 0.2) is 24.5 Å². The summed E-state index contributed by atoms with van der Waals surface area (Å²) in [5.74, 6) is -0.911. The fourth-order valence-electron chi connectivity index (χ4n) is 1.69. The molecule has 1 aromatic rings. The van der Waals surface area contributed by atoms with E-state index >= 15 is 0 Å². The van der Waals surface area contributed by atoms with Crippen molar-refractivity contribution in [1.29, 1.82) is 0 Å². The van der Waals surface area contributed by atoms with Crippen LogP contribution < -0.4 is 0 Å². The van der Waals surface area contributed by atoms with E-state index in [4.69, 9.17) is 9.47 Å². The number of nitrogens with zero attached hydrogens (tertiary/aromatic N) is 1. The molecule has 0 aliphatic rings. The summed E-state index contributed by atoms with van der Waals surface area (Å²) in [5, 5.41) is 0. The first kappa shape index (κ1) is 17.1. The maximum Gasteiger partial charge on any atom is 0.352 e. The van der Waals surface area contributed by atoms with Crippen molar-refractivity contribution in [2.45, 2.75) is 52.1 Å². The lowest BCUT2D eigenvalue weighted by atomic mass is 10.1. The van der Waals surface area contributed by atoms with Gasteiger partial charge in [-0.2, -0.15) is 0 Å². The third kappa shape index (κ3) is 6.38. The van der Waals surface area contributed by atoms with Crippen LogP contribution in [-0.4, -0.2) is 23.5 Å². The Labute approximate surface area is 125 Å². The largest absolute Gasteiger partial charge is 0.463 e. The lowest BCUT2D eigenvalue weighted by molar-refractivity contribution is -0.168. The minimum absolute atomic E-state index is 0.306. The number of aromatic nitrogens is 1. The van der Waals surface area contributed by atoms with E-state index in [1.165, 1.54) is 0 Å². The molecule has 0 spiro atoms. The second-order valence-corrected chi connectivity index (χ2v) is 4.78. The van der Waals surface area contributed by atoms with Crippen molar-refractivity contribution in [2.75, 3.05) is 6.61 Å². The standard InChI is InChI=1S/C16H23NO4/c1-3-5-7-14(18)21-15(13-8-10-17-11-9-13)16(19)20-12-6-4-2/h8-11,15H,3-7,12H2,1-2H3. The molecule has 0 aliphatic heterocycles. The molecule has 0 saturated carbocycles. The molecule has 0 aliphatic carbocycles. The van der Waals surface area contributed by atoms with Gasteiger partial charge in [0.1, 0.15) is 0 Å². The number of hydrogen-bond acceptors (Lipinski definition) is 5. The first-order valence-electron chi connectivity index (χ1n) is 7.45. The third-order valence-electron chi connectivity index (χ3n) is 2.95. The molecule has 0 amide bonds. The molecule has 0 fully saturated rings. The quantitative estimate of drug-likeness (QED) is 0.516. The van der Waals surface area contributed by atoms with Crippen LogP contribution in [0.25, 0.3) is 0 Å². The maximum atomic E-state index is 12.1. The number of carbonyl (C=O) groups excluding carboxylic acids is 2. The Bertz CT molecular complexity index is 433. The van der Waals surface area contributed by atoms with E-state index in [2.05, 4.69) is 4.98 Å². The average molecular weight is 293 g/mol. The number of pyridine rings is 1. The molecule has 116 valence electrons. The molecule has 0 saturated heterocycles. The SMILES string of the molecule is CCCCOC(=O)C(OC(=O)CCCC)c1ccncc1. The van der Waals surface area contributed by atoms with Crippen molar-refractivity contribution in [2.24, 2.45) is 0 Å². The molecule has 0 radical (unpaired) electrons. The molecule has 1 heterocycles. The Morgan fingerprint density at radius 2 is 1.81 bits per heavy atom. The van der Waals surface area contributed by atoms with Gasteiger partial charge in [0, 0.05) is 24.4 Å². The van der Waals surface area contributed by atoms with Gasteiger partial charge in [0.25, 0.3) is 0 Å². The average Bonchev–Trinajstić information content (AvgIpc) is 2.51. The molecular formula is C16H23NO4. The molecule has 5 nitrogen and oxygen atoms in total. The molecule has 0 N–H and O–H groups in total. The third-order valence-corrected chi connectivity index (χ3v) is 2.95. The maximum absolute atomic E-state index is 12.1. The number of rotatable bonds is 9. The summed E-state index contributed by atoms with van der Waals surface area (Å²) in [7, 11) is 0. The van der Waals surface area contributed by atoms with Crippen LogP contribution >= 0.6 is 0 Å². The Morgan fingerprint density at radius 1 is 1.14 bits per heavy atom. The lowest BCUT2D eigenvalue weighted by Gasteiger charge is -2.17. The highest BCUT2D eigenvalue weighted by molar-refractivity contribution is 5.80. The predicted molar refractivity (Wildman–Crippen MR) is 78.5 cm³/mol. The Balaban J connectivity index is 2.70. The second kappa shape index (κ2) is 9.91. The molecule has 0 aromatic carbocycles. The summed E-state index contributed by atoms with van der Waals surface area (Å²) < 4.78 is 10.5. The molecule has 1 rings (SSSR count). The topological polar surface area (TPSA) is 65.5 Å². The van der Waals surface area contributed by atoms with E-state index in [0.717, 1.165) is 25.7 Å². The van der Waals surface area contributed by atoms with Gasteiger partial charge in [-0.1, -0.05) is 26.7 Å². The van der Waals surface area contributed by atoms with Gasteiger partial charge in [-0.25, -0.2) is 4.79 Å². The van der Waals surface area contributed by atoms with Gasteiger partial charge in [-0.05, 0) is 25.0 Å². The highest BCUT2D eigenvalue weighted by Gasteiger charge is 2.26. The number of carbonyl (C=O) groups is 2. The zero-order valence-corrected chi connectivity index (χ0v) is 12.7. The van der Waals surface area contributed by atoms with E-state index in [1.54, 1.807) is 24.5 Å². The van der Waals surface area contributed by atoms with Gasteiger partial charge < -0.3 is 9.47 Å². The second-order valence-electron chi connectivity index (χ2n) is 4.78. The fourth-order valence-corrected chi connectivity index (χ4v) is 1.69. The molecule has 0 bridgehead atoms. The highest BCUT2D eigenvalue weighted by atomic mass is 16.6. The van der Waals surface area contributed by atoms with Crippen LogP contribution in [0, 0.1) is 0 Å². The van der Waals surface area contributed by atoms with Crippen molar-refractivity contribution in [3.05, 3.63) is 30.1 Å². The van der Waals surface area contributed by atoms with Gasteiger partial charge in [0.15, 0.2) is 0 Å². The van der Waals surface area contributed by atoms with Crippen LogP contribution in [0.3, 0.4) is 0 Å². The molecule has 1 unspecified atom stereocenters. The number of esters is 2. The van der Waals surface area contributed by atoms with Crippen LogP contribution in [-0.2, 0) is 19.1 Å². The smallest absolute Gasteiger partial charge is 0.352 e. The van der Waals surface area contributed by atoms with Gasteiger partial charge in [0.2, 0.25) is 6.10 Å². The van der Waals surface area contributed by atoms with E-state index in [-0.39, 0.29) is 5.97 Å². The number of ether oxygens (including phenoxy) is 2. The Morgan fingerprint density at radius 3 is 2.43 bits per heavy atom. The van der Waals surface area contributed by atoms with Gasteiger partial charge in [-0.3, -0.25) is 9.78 Å². The monoisotopic (exact) mass is 293 g/mol. The minimum atomic E-state index is -1.01. The van der Waals surface area contributed by atoms with E-state index < -0.39 is 12.1 Å². The number of unbranched alkanes of at least 4 members (excludes halogenated alkanes) is 2. The lowest BCUT2D eigenvalue weighted by Crippen LogP contribution is -2.22. The fraction of sp³-hybridized carbons (Fsp3) is 0.562. The summed E-state index contributed by atoms with van der Waals surface area (Å²) in [6, 6.07) is 3.30. The summed E-state index contributed by atoms with van der Waals surface area (Å²) in [6.45, 7) is 4.34. The van der Waals surface area contributed by atoms with Gasteiger partial charge in [-0.15, -0.1) is 0 Å². The first-order valence-corrected chi connectivity index (χ1v) is 7.45. The van der Waals surface area contributed by atoms with Gasteiger partial charge >= 0.3 is 11.9 Å². The van der Waals surface area contributed by atoms with Gasteiger partial charge in [0.05, 0.1) is 6.61 Å². The van der Waals surface area contributed by atoms with Crippen molar-refractivity contribution < 1.29 is 19.1 Å². The van der Waals surface area contributed by atoms with Crippen molar-refractivity contribution >= 4 is 11.9 Å². The van der Waals surface area contributed by atoms with Crippen molar-refractivity contribution in [3.8, 4) is 0 Å². The van der Waals surface area contributed by atoms with Crippen LogP contribution in [0.4, 0.5) is 0 Å². The normalized spacial score (nSPS) is 11.7. The molecular weight excluding hydrogens is 270 g/mol. The molecule has 21 heavy (non-hydrogen) atoms. The van der Waals surface area contributed by atoms with E-state index in [1.807, 2.05) is 13.8 Å². The minimum Gasteiger partial charge on any atom is -0.463 e. The summed E-state index contributed by atoms with van der Waals surface area (Å²) >= 11 is 0. The Kier molecular flexibility index (Phi) is 8.09.